The Hall–Kier alpha value is -3.15. The Labute approximate surface area is 117 Å². The number of aromatic hydroxyl groups is 4. The Kier molecular flexibility index (Phi) is 2.72. The fourth-order valence-electron chi connectivity index (χ4n) is 2.09. The second kappa shape index (κ2) is 4.45. The van der Waals surface area contributed by atoms with Crippen molar-refractivity contribution in [2.75, 3.05) is 0 Å². The van der Waals surface area contributed by atoms with E-state index in [-0.39, 0.29) is 39.5 Å². The molecule has 3 aromatic rings. The zero-order valence-electron chi connectivity index (χ0n) is 10.6. The zero-order chi connectivity index (χ0) is 15.1. The highest BCUT2D eigenvalue weighted by Crippen LogP contribution is 2.34. The highest BCUT2D eigenvalue weighted by atomic mass is 16.4. The van der Waals surface area contributed by atoms with Gasteiger partial charge in [0.25, 0.3) is 0 Å². The minimum atomic E-state index is -0.672. The van der Waals surface area contributed by atoms with Crippen molar-refractivity contribution in [2.24, 2.45) is 0 Å². The first-order valence-electron chi connectivity index (χ1n) is 5.98. The summed E-state index contributed by atoms with van der Waals surface area (Å²) in [6.07, 6.45) is 0. The van der Waals surface area contributed by atoms with Gasteiger partial charge in [0.15, 0.2) is 5.76 Å². The van der Waals surface area contributed by atoms with E-state index in [1.54, 1.807) is 0 Å². The first-order valence-corrected chi connectivity index (χ1v) is 5.98. The average Bonchev–Trinajstić information content (AvgIpc) is 2.41. The lowest BCUT2D eigenvalue weighted by Crippen LogP contribution is -2.02. The standard InChI is InChI=1S/C15H10O6/c16-8-1-2-11-12(6-8)21-15(14(20)13(11)19)7-3-9(17)5-10(18)4-7/h1-6,16-18,20H. The van der Waals surface area contributed by atoms with Crippen LogP contribution in [-0.2, 0) is 0 Å². The SMILES string of the molecule is O=c1c(O)c(-c2cc(O)cc(O)c2)oc2cc(O)ccc12. The monoisotopic (exact) mass is 286 g/mol. The molecule has 0 spiro atoms. The minimum absolute atomic E-state index is 0.0793. The van der Waals surface area contributed by atoms with Crippen molar-refractivity contribution in [3.63, 3.8) is 0 Å². The van der Waals surface area contributed by atoms with Crippen LogP contribution >= 0.6 is 0 Å². The van der Waals surface area contributed by atoms with Gasteiger partial charge >= 0.3 is 0 Å². The maximum absolute atomic E-state index is 12.1. The van der Waals surface area contributed by atoms with E-state index >= 15 is 0 Å². The summed E-state index contributed by atoms with van der Waals surface area (Å²) < 4.78 is 5.42. The molecule has 0 atom stereocenters. The molecule has 0 aliphatic heterocycles. The minimum Gasteiger partial charge on any atom is -0.508 e. The number of fused-ring (bicyclic) bond motifs is 1. The van der Waals surface area contributed by atoms with Crippen LogP contribution in [0.2, 0.25) is 0 Å². The summed E-state index contributed by atoms with van der Waals surface area (Å²) >= 11 is 0. The normalized spacial score (nSPS) is 10.9. The molecule has 3 rings (SSSR count). The summed E-state index contributed by atoms with van der Waals surface area (Å²) in [5, 5.41) is 38.5. The zero-order valence-corrected chi connectivity index (χ0v) is 10.6. The van der Waals surface area contributed by atoms with E-state index in [4.69, 9.17) is 4.42 Å². The maximum atomic E-state index is 12.1. The van der Waals surface area contributed by atoms with E-state index in [9.17, 15) is 25.2 Å². The smallest absolute Gasteiger partial charge is 0.235 e. The second-order valence-electron chi connectivity index (χ2n) is 4.53. The molecule has 0 aliphatic carbocycles. The van der Waals surface area contributed by atoms with Crippen molar-refractivity contribution in [3.8, 4) is 34.3 Å². The van der Waals surface area contributed by atoms with E-state index in [1.807, 2.05) is 0 Å². The molecule has 106 valence electrons. The molecule has 0 saturated heterocycles. The summed E-state index contributed by atoms with van der Waals surface area (Å²) in [6, 6.07) is 7.44. The third kappa shape index (κ3) is 2.12. The molecule has 0 amide bonds. The summed E-state index contributed by atoms with van der Waals surface area (Å²) in [6.45, 7) is 0. The van der Waals surface area contributed by atoms with Crippen LogP contribution in [0.3, 0.4) is 0 Å². The molecule has 2 aromatic carbocycles. The van der Waals surface area contributed by atoms with Gasteiger partial charge in [-0.2, -0.15) is 0 Å². The lowest BCUT2D eigenvalue weighted by molar-refractivity contribution is 0.443. The highest BCUT2D eigenvalue weighted by molar-refractivity contribution is 5.83. The lowest BCUT2D eigenvalue weighted by atomic mass is 10.1. The van der Waals surface area contributed by atoms with E-state index in [0.29, 0.717) is 0 Å². The Morgan fingerprint density at radius 2 is 1.48 bits per heavy atom. The second-order valence-corrected chi connectivity index (χ2v) is 4.53. The van der Waals surface area contributed by atoms with Gasteiger partial charge in [-0.1, -0.05) is 0 Å². The molecule has 6 heteroatoms. The van der Waals surface area contributed by atoms with Crippen molar-refractivity contribution in [3.05, 3.63) is 46.6 Å². The number of rotatable bonds is 1. The van der Waals surface area contributed by atoms with Crippen molar-refractivity contribution in [1.82, 2.24) is 0 Å². The van der Waals surface area contributed by atoms with Gasteiger partial charge < -0.3 is 24.8 Å². The summed E-state index contributed by atoms with van der Waals surface area (Å²) in [7, 11) is 0. The quantitative estimate of drug-likeness (QED) is 0.546. The van der Waals surface area contributed by atoms with Gasteiger partial charge in [0, 0.05) is 17.7 Å². The molecular formula is C15H10O6. The molecule has 1 heterocycles. The number of benzene rings is 2. The van der Waals surface area contributed by atoms with Crippen LogP contribution in [0.15, 0.2) is 45.6 Å². The van der Waals surface area contributed by atoms with Crippen molar-refractivity contribution in [2.45, 2.75) is 0 Å². The van der Waals surface area contributed by atoms with Gasteiger partial charge in [-0.05, 0) is 24.3 Å². The van der Waals surface area contributed by atoms with E-state index in [1.165, 1.54) is 30.3 Å². The van der Waals surface area contributed by atoms with Gasteiger partial charge in [0.05, 0.1) is 5.39 Å². The predicted octanol–water partition coefficient (Wildman–Crippen LogP) is 2.28. The van der Waals surface area contributed by atoms with E-state index in [2.05, 4.69) is 0 Å². The fourth-order valence-corrected chi connectivity index (χ4v) is 2.09. The molecule has 1 aromatic heterocycles. The highest BCUT2D eigenvalue weighted by Gasteiger charge is 2.16. The molecule has 4 N–H and O–H groups in total. The number of hydrogen-bond donors (Lipinski definition) is 4. The third-order valence-corrected chi connectivity index (χ3v) is 3.02. The molecule has 0 unspecified atom stereocenters. The first kappa shape index (κ1) is 12.9. The van der Waals surface area contributed by atoms with E-state index < -0.39 is 11.2 Å². The molecule has 0 saturated carbocycles. The molecule has 0 radical (unpaired) electrons. The number of hydrogen-bond acceptors (Lipinski definition) is 6. The topological polar surface area (TPSA) is 111 Å². The van der Waals surface area contributed by atoms with Crippen LogP contribution in [0, 0.1) is 0 Å². The molecule has 0 aliphatic rings. The van der Waals surface area contributed by atoms with Crippen LogP contribution < -0.4 is 5.43 Å². The largest absolute Gasteiger partial charge is 0.508 e. The van der Waals surface area contributed by atoms with Gasteiger partial charge in [0.1, 0.15) is 22.8 Å². The van der Waals surface area contributed by atoms with Gasteiger partial charge in [0.2, 0.25) is 11.2 Å². The van der Waals surface area contributed by atoms with Crippen molar-refractivity contribution < 1.29 is 24.8 Å². The Balaban J connectivity index is 2.37. The van der Waals surface area contributed by atoms with Crippen LogP contribution in [-0.4, -0.2) is 20.4 Å². The Morgan fingerprint density at radius 3 is 2.14 bits per heavy atom. The summed E-state index contributed by atoms with van der Waals surface area (Å²) in [5.74, 6) is -1.44. The molecule has 6 nitrogen and oxygen atoms in total. The third-order valence-electron chi connectivity index (χ3n) is 3.02. The van der Waals surface area contributed by atoms with Crippen LogP contribution in [0.1, 0.15) is 0 Å². The molecular weight excluding hydrogens is 276 g/mol. The van der Waals surface area contributed by atoms with Crippen molar-refractivity contribution >= 4 is 11.0 Å². The molecule has 21 heavy (non-hydrogen) atoms. The Morgan fingerprint density at radius 1 is 0.810 bits per heavy atom. The summed E-state index contributed by atoms with van der Waals surface area (Å²) in [5.41, 5.74) is -0.461. The lowest BCUT2D eigenvalue weighted by Gasteiger charge is -2.07. The van der Waals surface area contributed by atoms with Crippen LogP contribution in [0.25, 0.3) is 22.3 Å². The fraction of sp³-hybridized carbons (Fsp3) is 0. The van der Waals surface area contributed by atoms with Crippen LogP contribution in [0.4, 0.5) is 0 Å². The average molecular weight is 286 g/mol. The van der Waals surface area contributed by atoms with E-state index in [0.717, 1.165) is 6.07 Å². The van der Waals surface area contributed by atoms with Gasteiger partial charge in [-0.3, -0.25) is 4.79 Å². The first-order chi connectivity index (χ1) is 9.95. The van der Waals surface area contributed by atoms with Crippen molar-refractivity contribution in [1.29, 1.82) is 0 Å². The number of phenolic OH excluding ortho intramolecular Hbond substituents is 3. The van der Waals surface area contributed by atoms with Gasteiger partial charge in [-0.25, -0.2) is 0 Å². The maximum Gasteiger partial charge on any atom is 0.235 e. The molecule has 0 fully saturated rings. The van der Waals surface area contributed by atoms with Gasteiger partial charge in [-0.15, -0.1) is 0 Å². The Bertz CT molecular complexity index is 890. The van der Waals surface area contributed by atoms with Crippen LogP contribution in [0.5, 0.6) is 23.0 Å². The number of phenols is 3. The predicted molar refractivity (Wildman–Crippen MR) is 74.6 cm³/mol. The summed E-state index contributed by atoms with van der Waals surface area (Å²) in [4.78, 5) is 12.1. The molecule has 0 bridgehead atoms.